The molecule has 0 unspecified atom stereocenters. The molecule has 0 radical (unpaired) electrons. The molecule has 0 aliphatic rings. The van der Waals surface area contributed by atoms with Crippen LogP contribution in [0.3, 0.4) is 0 Å². The van der Waals surface area contributed by atoms with Crippen molar-refractivity contribution in [3.8, 4) is 0 Å². The van der Waals surface area contributed by atoms with Crippen molar-refractivity contribution < 1.29 is 28.7 Å². The van der Waals surface area contributed by atoms with Crippen LogP contribution in [-0.2, 0) is 23.9 Å². The normalized spacial score (nSPS) is 10.4. The van der Waals surface area contributed by atoms with E-state index in [-0.39, 0.29) is 24.7 Å². The fourth-order valence-electron chi connectivity index (χ4n) is 2.58. The molecule has 176 valence electrons. The molecule has 9 heteroatoms. The molecule has 2 N–H and O–H groups in total. The van der Waals surface area contributed by atoms with Gasteiger partial charge in [0, 0.05) is 28.7 Å². The van der Waals surface area contributed by atoms with Gasteiger partial charge in [-0.3, -0.25) is 14.4 Å². The van der Waals surface area contributed by atoms with Gasteiger partial charge in [0.05, 0.1) is 12.2 Å². The van der Waals surface area contributed by atoms with E-state index in [0.29, 0.717) is 30.0 Å². The Labute approximate surface area is 201 Å². The number of hydrogen-bond donors (Lipinski definition) is 2. The van der Waals surface area contributed by atoms with E-state index < -0.39 is 24.5 Å². The van der Waals surface area contributed by atoms with Gasteiger partial charge in [0.1, 0.15) is 0 Å². The van der Waals surface area contributed by atoms with Gasteiger partial charge in [0.15, 0.2) is 6.61 Å². The Kier molecular flexibility index (Phi) is 10.6. The fraction of sp³-hybridized carbons (Fsp3) is 0.333. The van der Waals surface area contributed by atoms with E-state index in [0.717, 1.165) is 4.47 Å². The summed E-state index contributed by atoms with van der Waals surface area (Å²) >= 11 is 3.32. The average Bonchev–Trinajstić information content (AvgIpc) is 2.78. The maximum absolute atomic E-state index is 12.0. The van der Waals surface area contributed by atoms with Crippen molar-refractivity contribution in [3.63, 3.8) is 0 Å². The number of amides is 2. The molecular weight excluding hydrogens is 492 g/mol. The molecule has 0 atom stereocenters. The number of carbonyl (C=O) groups is 4. The molecule has 8 nitrogen and oxygen atoms in total. The van der Waals surface area contributed by atoms with Crippen LogP contribution >= 0.6 is 15.9 Å². The first-order valence-corrected chi connectivity index (χ1v) is 11.3. The summed E-state index contributed by atoms with van der Waals surface area (Å²) < 4.78 is 11.0. The highest BCUT2D eigenvalue weighted by Crippen LogP contribution is 2.15. The Morgan fingerprint density at radius 3 is 2.00 bits per heavy atom. The number of anilines is 2. The van der Waals surface area contributed by atoms with Crippen LogP contribution in [0.5, 0.6) is 0 Å². The first-order chi connectivity index (χ1) is 15.7. The number of halogens is 1. The van der Waals surface area contributed by atoms with E-state index in [1.54, 1.807) is 36.4 Å². The minimum absolute atomic E-state index is 0.0220. The average molecular weight is 519 g/mol. The van der Waals surface area contributed by atoms with Crippen LogP contribution in [0.1, 0.15) is 43.5 Å². The standard InChI is InChI=1S/C24H27BrN2O6/c1-16(2)14-33-24(31)17-6-10-19(11-7-17)27-22(29)15-32-23(30)5-3-4-21(28)26-20-12-8-18(25)9-13-20/h6-13,16H,3-5,14-15H2,1-2H3,(H,26,28)(H,27,29). The summed E-state index contributed by atoms with van der Waals surface area (Å²) in [5.74, 6) is -1.47. The lowest BCUT2D eigenvalue weighted by atomic mass is 10.2. The van der Waals surface area contributed by atoms with Crippen LogP contribution in [0.25, 0.3) is 0 Å². The lowest BCUT2D eigenvalue weighted by Gasteiger charge is -2.09. The molecule has 0 saturated carbocycles. The van der Waals surface area contributed by atoms with Crippen molar-refractivity contribution in [2.24, 2.45) is 5.92 Å². The molecule has 0 aromatic heterocycles. The lowest BCUT2D eigenvalue weighted by molar-refractivity contribution is -0.147. The van der Waals surface area contributed by atoms with Crippen molar-refractivity contribution >= 4 is 51.1 Å². The smallest absolute Gasteiger partial charge is 0.338 e. The molecule has 2 aromatic rings. The molecule has 0 aliphatic heterocycles. The molecule has 0 fully saturated rings. The molecule has 0 bridgehead atoms. The quantitative estimate of drug-likeness (QED) is 0.422. The number of esters is 2. The molecule has 0 aliphatic carbocycles. The van der Waals surface area contributed by atoms with E-state index in [4.69, 9.17) is 9.47 Å². The van der Waals surface area contributed by atoms with Gasteiger partial charge in [-0.05, 0) is 60.9 Å². The van der Waals surface area contributed by atoms with Crippen LogP contribution in [0.4, 0.5) is 11.4 Å². The summed E-state index contributed by atoms with van der Waals surface area (Å²) in [5, 5.41) is 5.32. The summed E-state index contributed by atoms with van der Waals surface area (Å²) in [7, 11) is 0. The number of rotatable bonds is 11. The molecule has 0 spiro atoms. The minimum atomic E-state index is -0.565. The van der Waals surface area contributed by atoms with Crippen molar-refractivity contribution in [2.45, 2.75) is 33.1 Å². The molecule has 0 heterocycles. The first-order valence-electron chi connectivity index (χ1n) is 10.5. The Bertz CT molecular complexity index is 958. The summed E-state index contributed by atoms with van der Waals surface area (Å²) in [5.41, 5.74) is 1.51. The van der Waals surface area contributed by atoms with Gasteiger partial charge in [0.25, 0.3) is 5.91 Å². The van der Waals surface area contributed by atoms with Crippen molar-refractivity contribution in [1.29, 1.82) is 0 Å². The van der Waals surface area contributed by atoms with E-state index in [1.165, 1.54) is 0 Å². The van der Waals surface area contributed by atoms with Crippen LogP contribution in [-0.4, -0.2) is 37.0 Å². The Morgan fingerprint density at radius 1 is 0.818 bits per heavy atom. The zero-order chi connectivity index (χ0) is 24.2. The number of hydrogen-bond acceptors (Lipinski definition) is 6. The van der Waals surface area contributed by atoms with Crippen molar-refractivity contribution in [2.75, 3.05) is 23.8 Å². The van der Waals surface area contributed by atoms with E-state index in [1.807, 2.05) is 26.0 Å². The third-order valence-corrected chi connectivity index (χ3v) is 4.76. The maximum atomic E-state index is 12.0. The summed E-state index contributed by atoms with van der Waals surface area (Å²) in [6.45, 7) is 3.78. The molecule has 2 amide bonds. The third-order valence-electron chi connectivity index (χ3n) is 4.23. The minimum Gasteiger partial charge on any atom is -0.462 e. The largest absolute Gasteiger partial charge is 0.462 e. The van der Waals surface area contributed by atoms with Crippen LogP contribution in [0.15, 0.2) is 53.0 Å². The number of ether oxygens (including phenoxy) is 2. The van der Waals surface area contributed by atoms with Gasteiger partial charge in [-0.1, -0.05) is 29.8 Å². The van der Waals surface area contributed by atoms with Gasteiger partial charge < -0.3 is 20.1 Å². The van der Waals surface area contributed by atoms with E-state index in [2.05, 4.69) is 26.6 Å². The van der Waals surface area contributed by atoms with Gasteiger partial charge in [0.2, 0.25) is 5.91 Å². The predicted molar refractivity (Wildman–Crippen MR) is 128 cm³/mol. The highest BCUT2D eigenvalue weighted by Gasteiger charge is 2.11. The van der Waals surface area contributed by atoms with Crippen molar-refractivity contribution in [3.05, 3.63) is 58.6 Å². The first kappa shape index (κ1) is 26.1. The van der Waals surface area contributed by atoms with E-state index in [9.17, 15) is 19.2 Å². The molecular formula is C24H27BrN2O6. The Morgan fingerprint density at radius 2 is 1.39 bits per heavy atom. The number of benzene rings is 2. The van der Waals surface area contributed by atoms with Crippen LogP contribution in [0.2, 0.25) is 0 Å². The van der Waals surface area contributed by atoms with Gasteiger partial charge in [-0.15, -0.1) is 0 Å². The van der Waals surface area contributed by atoms with Gasteiger partial charge in [-0.2, -0.15) is 0 Å². The summed E-state index contributed by atoms with van der Waals surface area (Å²) in [6, 6.07) is 13.4. The second-order valence-electron chi connectivity index (χ2n) is 7.69. The Balaban J connectivity index is 1.64. The monoisotopic (exact) mass is 518 g/mol. The highest BCUT2D eigenvalue weighted by atomic mass is 79.9. The molecule has 0 saturated heterocycles. The number of carbonyl (C=O) groups excluding carboxylic acids is 4. The SMILES string of the molecule is CC(C)COC(=O)c1ccc(NC(=O)COC(=O)CCCC(=O)Nc2ccc(Br)cc2)cc1. The Hall–Kier alpha value is -3.20. The molecule has 2 rings (SSSR count). The van der Waals surface area contributed by atoms with E-state index >= 15 is 0 Å². The highest BCUT2D eigenvalue weighted by molar-refractivity contribution is 9.10. The zero-order valence-corrected chi connectivity index (χ0v) is 20.1. The van der Waals surface area contributed by atoms with Crippen LogP contribution < -0.4 is 10.6 Å². The summed E-state index contributed by atoms with van der Waals surface area (Å²) in [6.07, 6.45) is 0.481. The summed E-state index contributed by atoms with van der Waals surface area (Å²) in [4.78, 5) is 47.6. The number of nitrogens with one attached hydrogen (secondary N) is 2. The maximum Gasteiger partial charge on any atom is 0.338 e. The lowest BCUT2D eigenvalue weighted by Crippen LogP contribution is -2.21. The van der Waals surface area contributed by atoms with Crippen molar-refractivity contribution in [1.82, 2.24) is 0 Å². The van der Waals surface area contributed by atoms with Crippen LogP contribution in [0, 0.1) is 5.92 Å². The predicted octanol–water partition coefficient (Wildman–Crippen LogP) is 4.55. The second-order valence-corrected chi connectivity index (χ2v) is 8.60. The third kappa shape index (κ3) is 10.3. The zero-order valence-electron chi connectivity index (χ0n) is 18.6. The van der Waals surface area contributed by atoms with Gasteiger partial charge in [-0.25, -0.2) is 4.79 Å². The molecule has 33 heavy (non-hydrogen) atoms. The van der Waals surface area contributed by atoms with Gasteiger partial charge >= 0.3 is 11.9 Å². The second kappa shape index (κ2) is 13.4. The topological polar surface area (TPSA) is 111 Å². The fourth-order valence-corrected chi connectivity index (χ4v) is 2.84. The molecule has 2 aromatic carbocycles.